The molecule has 34 heavy (non-hydrogen) atoms. The van der Waals surface area contributed by atoms with Gasteiger partial charge in [-0.05, 0) is 80.1 Å². The Morgan fingerprint density at radius 1 is 1.15 bits per heavy atom. The summed E-state index contributed by atoms with van der Waals surface area (Å²) < 4.78 is 0. The maximum Gasteiger partial charge on any atom is 0.326 e. The van der Waals surface area contributed by atoms with Gasteiger partial charge in [-0.1, -0.05) is 6.07 Å². The van der Waals surface area contributed by atoms with Crippen molar-refractivity contribution in [2.24, 2.45) is 5.92 Å². The minimum absolute atomic E-state index is 0.107. The second-order valence-corrected chi connectivity index (χ2v) is 9.28. The first kappa shape index (κ1) is 23.5. The topological polar surface area (TPSA) is 114 Å². The molecule has 2 aromatic rings. The van der Waals surface area contributed by atoms with Crippen LogP contribution in [0.4, 0.5) is 10.5 Å². The third-order valence-electron chi connectivity index (χ3n) is 6.97. The molecular formula is C26H29N5O3. The fourth-order valence-electron chi connectivity index (χ4n) is 5.04. The van der Waals surface area contributed by atoms with E-state index in [2.05, 4.69) is 22.9 Å². The molecule has 0 aromatic heterocycles. The maximum absolute atomic E-state index is 13.3. The van der Waals surface area contributed by atoms with E-state index in [-0.39, 0.29) is 23.4 Å². The van der Waals surface area contributed by atoms with Gasteiger partial charge in [-0.2, -0.15) is 5.26 Å². The van der Waals surface area contributed by atoms with Crippen LogP contribution < -0.4 is 16.0 Å². The van der Waals surface area contributed by atoms with Crippen molar-refractivity contribution < 1.29 is 14.4 Å². The zero-order chi connectivity index (χ0) is 24.4. The summed E-state index contributed by atoms with van der Waals surface area (Å²) in [5.74, 6) is -0.348. The van der Waals surface area contributed by atoms with E-state index in [0.29, 0.717) is 23.2 Å². The minimum atomic E-state index is -0.665. The zero-order valence-corrected chi connectivity index (χ0v) is 19.6. The number of benzene rings is 2. The van der Waals surface area contributed by atoms with Gasteiger partial charge in [0.25, 0.3) is 5.91 Å². The molecule has 2 aromatic carbocycles. The fourth-order valence-corrected chi connectivity index (χ4v) is 5.04. The minimum Gasteiger partial charge on any atom is -0.342 e. The highest BCUT2D eigenvalue weighted by molar-refractivity contribution is 6.08. The number of carbonyl (C=O) groups is 3. The molecule has 0 spiro atoms. The van der Waals surface area contributed by atoms with Crippen molar-refractivity contribution in [2.45, 2.75) is 44.7 Å². The van der Waals surface area contributed by atoms with Crippen molar-refractivity contribution in [1.29, 1.82) is 5.26 Å². The van der Waals surface area contributed by atoms with Crippen molar-refractivity contribution in [3.8, 4) is 6.07 Å². The van der Waals surface area contributed by atoms with E-state index in [1.165, 1.54) is 24.3 Å². The summed E-state index contributed by atoms with van der Waals surface area (Å²) >= 11 is 0. The van der Waals surface area contributed by atoms with Crippen LogP contribution in [0.2, 0.25) is 0 Å². The third kappa shape index (κ3) is 4.80. The van der Waals surface area contributed by atoms with Gasteiger partial charge >= 0.3 is 6.03 Å². The molecule has 4 amide bonds. The summed E-state index contributed by atoms with van der Waals surface area (Å²) in [7, 11) is 1.89. The number of piperidine rings is 2. The number of rotatable bonds is 3. The molecule has 4 atom stereocenters. The van der Waals surface area contributed by atoms with E-state index >= 15 is 0 Å². The molecular weight excluding hydrogens is 430 g/mol. The molecule has 0 aliphatic carbocycles. The van der Waals surface area contributed by atoms with E-state index in [0.717, 1.165) is 30.5 Å². The number of nitrogens with zero attached hydrogens (tertiary/aromatic N) is 2. The van der Waals surface area contributed by atoms with Gasteiger partial charge in [0.2, 0.25) is 5.91 Å². The van der Waals surface area contributed by atoms with Crippen molar-refractivity contribution in [1.82, 2.24) is 15.5 Å². The van der Waals surface area contributed by atoms with E-state index in [1.54, 1.807) is 6.07 Å². The highest BCUT2D eigenvalue weighted by Crippen LogP contribution is 2.39. The first-order valence-corrected chi connectivity index (χ1v) is 11.5. The Morgan fingerprint density at radius 2 is 1.88 bits per heavy atom. The number of aryl methyl sites for hydroxylation is 1. The number of imide groups is 1. The monoisotopic (exact) mass is 459 g/mol. The molecule has 4 rings (SSSR count). The number of urea groups is 1. The molecule has 0 bridgehead atoms. The van der Waals surface area contributed by atoms with Gasteiger partial charge < -0.3 is 15.5 Å². The van der Waals surface area contributed by atoms with Crippen LogP contribution >= 0.6 is 0 Å². The summed E-state index contributed by atoms with van der Waals surface area (Å²) in [5, 5.41) is 17.4. The predicted molar refractivity (Wildman–Crippen MR) is 128 cm³/mol. The van der Waals surface area contributed by atoms with Crippen LogP contribution in [0.1, 0.15) is 52.7 Å². The Hall–Kier alpha value is -3.70. The van der Waals surface area contributed by atoms with Gasteiger partial charge in [-0.15, -0.1) is 0 Å². The second-order valence-electron chi connectivity index (χ2n) is 9.28. The quantitative estimate of drug-likeness (QED) is 0.652. The second kappa shape index (κ2) is 9.65. The summed E-state index contributed by atoms with van der Waals surface area (Å²) in [4.78, 5) is 39.9. The molecule has 2 fully saturated rings. The molecule has 8 heteroatoms. The smallest absolute Gasteiger partial charge is 0.326 e. The number of anilines is 1. The molecule has 8 nitrogen and oxygen atoms in total. The molecule has 3 N–H and O–H groups in total. The Labute approximate surface area is 199 Å². The Kier molecular flexibility index (Phi) is 6.66. The number of amides is 4. The molecule has 2 saturated heterocycles. The zero-order valence-electron chi connectivity index (χ0n) is 19.6. The lowest BCUT2D eigenvalue weighted by molar-refractivity contribution is -0.140. The molecule has 0 radical (unpaired) electrons. The molecule has 2 aliphatic heterocycles. The van der Waals surface area contributed by atoms with Gasteiger partial charge in [-0.25, -0.2) is 4.79 Å². The third-order valence-corrected chi connectivity index (χ3v) is 6.97. The van der Waals surface area contributed by atoms with Crippen LogP contribution in [0.25, 0.3) is 0 Å². The number of nitriles is 1. The summed E-state index contributed by atoms with van der Waals surface area (Å²) in [6.07, 6.45) is 1.72. The number of likely N-dealkylation sites (N-methyl/N-ethyl adjacent to an activating group) is 1. The molecule has 2 heterocycles. The van der Waals surface area contributed by atoms with Crippen LogP contribution in [0.3, 0.4) is 0 Å². The number of hydrogen-bond acceptors (Lipinski definition) is 5. The lowest BCUT2D eigenvalue weighted by Gasteiger charge is -2.47. The first-order chi connectivity index (χ1) is 16.3. The van der Waals surface area contributed by atoms with E-state index in [4.69, 9.17) is 5.26 Å². The number of fused-ring (bicyclic) bond motifs is 1. The van der Waals surface area contributed by atoms with Crippen LogP contribution in [-0.4, -0.2) is 48.4 Å². The van der Waals surface area contributed by atoms with Gasteiger partial charge in [0.05, 0.1) is 17.6 Å². The van der Waals surface area contributed by atoms with E-state index in [9.17, 15) is 14.4 Å². The number of nitrogens with one attached hydrogen (secondary N) is 3. The number of carbonyl (C=O) groups excluding carboxylic acids is 3. The average Bonchev–Trinajstić information content (AvgIpc) is 2.83. The first-order valence-electron chi connectivity index (χ1n) is 11.5. The largest absolute Gasteiger partial charge is 0.342 e. The lowest BCUT2D eigenvalue weighted by atomic mass is 9.75. The van der Waals surface area contributed by atoms with Crippen molar-refractivity contribution >= 4 is 23.5 Å². The SMILES string of the molecule is Cc1ccc(NC(=O)NC(=O)c2ccc(C#N)cc2)cc1C1CC2CNC(C)CC2N(C)C1=O. The summed E-state index contributed by atoms with van der Waals surface area (Å²) in [6, 6.07) is 13.5. The molecule has 0 saturated carbocycles. The van der Waals surface area contributed by atoms with Gasteiger partial charge in [0.15, 0.2) is 0 Å². The van der Waals surface area contributed by atoms with Crippen LogP contribution in [-0.2, 0) is 4.79 Å². The average molecular weight is 460 g/mol. The maximum atomic E-state index is 13.3. The van der Waals surface area contributed by atoms with Crippen molar-refractivity contribution in [3.05, 3.63) is 64.7 Å². The Balaban J connectivity index is 1.46. The fraction of sp³-hybridized carbons (Fsp3) is 0.385. The summed E-state index contributed by atoms with van der Waals surface area (Å²) in [6.45, 7) is 5.00. The van der Waals surface area contributed by atoms with Gasteiger partial charge in [0.1, 0.15) is 0 Å². The van der Waals surface area contributed by atoms with E-state index in [1.807, 2.05) is 37.1 Å². The predicted octanol–water partition coefficient (Wildman–Crippen LogP) is 3.14. The standard InChI is InChI=1S/C26H29N5O3/c1-15-4-9-20(29-26(34)30-24(32)18-7-5-17(13-27)6-8-18)12-21(15)22-11-19-14-28-16(2)10-23(19)31(3)25(22)33/h4-9,12,16,19,22-23,28H,10-11,14H2,1-3H3,(H2,29,30,32,34). The van der Waals surface area contributed by atoms with Gasteiger partial charge in [0, 0.05) is 36.9 Å². The summed E-state index contributed by atoms with van der Waals surface area (Å²) in [5.41, 5.74) is 3.10. The number of hydrogen-bond donors (Lipinski definition) is 3. The molecule has 176 valence electrons. The highest BCUT2D eigenvalue weighted by atomic mass is 16.2. The van der Waals surface area contributed by atoms with Crippen LogP contribution in [0, 0.1) is 24.2 Å². The lowest BCUT2D eigenvalue weighted by Crippen LogP contribution is -2.57. The van der Waals surface area contributed by atoms with Gasteiger partial charge in [-0.3, -0.25) is 14.9 Å². The molecule has 4 unspecified atom stereocenters. The molecule has 2 aliphatic rings. The van der Waals surface area contributed by atoms with Crippen LogP contribution in [0.15, 0.2) is 42.5 Å². The Bertz CT molecular complexity index is 1150. The normalized spacial score (nSPS) is 24.1. The highest BCUT2D eigenvalue weighted by Gasteiger charge is 2.43. The van der Waals surface area contributed by atoms with Crippen LogP contribution in [0.5, 0.6) is 0 Å². The van der Waals surface area contributed by atoms with E-state index < -0.39 is 11.9 Å². The Morgan fingerprint density at radius 3 is 2.59 bits per heavy atom. The van der Waals surface area contributed by atoms with Crippen molar-refractivity contribution in [3.63, 3.8) is 0 Å². The van der Waals surface area contributed by atoms with Crippen molar-refractivity contribution in [2.75, 3.05) is 18.9 Å². The number of likely N-dealkylation sites (tertiary alicyclic amines) is 1.